The molecule has 3 nitrogen and oxygen atoms in total. The summed E-state index contributed by atoms with van der Waals surface area (Å²) < 4.78 is 31.6. The normalized spacial score (nSPS) is 15.1. The minimum atomic E-state index is -0.977. The Kier molecular flexibility index (Phi) is 3.26. The number of anilines is 1. The Bertz CT molecular complexity index is 442. The summed E-state index contributed by atoms with van der Waals surface area (Å²) >= 11 is 0. The van der Waals surface area contributed by atoms with E-state index >= 15 is 0 Å². The maximum Gasteiger partial charge on any atom is 0.340 e. The average Bonchev–Trinajstić information content (AvgIpc) is 2.84. The number of nitrogens with zero attached hydrogens (tertiary/aromatic N) is 1. The third-order valence-electron chi connectivity index (χ3n) is 2.90. The van der Waals surface area contributed by atoms with Crippen LogP contribution in [0.25, 0.3) is 0 Å². The first-order valence-corrected chi connectivity index (χ1v) is 5.46. The van der Waals surface area contributed by atoms with Gasteiger partial charge in [-0.15, -0.1) is 0 Å². The van der Waals surface area contributed by atoms with Crippen molar-refractivity contribution in [3.63, 3.8) is 0 Å². The van der Waals surface area contributed by atoms with Gasteiger partial charge in [-0.1, -0.05) is 0 Å². The zero-order valence-electron chi connectivity index (χ0n) is 9.50. The van der Waals surface area contributed by atoms with Crippen molar-refractivity contribution in [2.24, 2.45) is 0 Å². The molecule has 0 aliphatic carbocycles. The molecule has 0 saturated carbocycles. The molecule has 17 heavy (non-hydrogen) atoms. The van der Waals surface area contributed by atoms with Gasteiger partial charge in [0, 0.05) is 13.1 Å². The van der Waals surface area contributed by atoms with Crippen LogP contribution >= 0.6 is 0 Å². The van der Waals surface area contributed by atoms with E-state index in [0.717, 1.165) is 18.9 Å². The smallest absolute Gasteiger partial charge is 0.340 e. The standard InChI is InChI=1S/C12H13F2NO2/c1-17-12(16)8-4-5-9(13)10(14)11(8)15-6-2-3-7-15/h4-5H,2-3,6-7H2,1H3. The second-order valence-corrected chi connectivity index (χ2v) is 3.94. The molecule has 0 radical (unpaired) electrons. The van der Waals surface area contributed by atoms with E-state index in [1.807, 2.05) is 0 Å². The van der Waals surface area contributed by atoms with Crippen molar-refractivity contribution in [1.29, 1.82) is 0 Å². The van der Waals surface area contributed by atoms with E-state index in [1.165, 1.54) is 13.2 Å². The van der Waals surface area contributed by atoms with Gasteiger partial charge in [0.1, 0.15) is 0 Å². The molecule has 1 aromatic rings. The number of esters is 1. The number of ether oxygens (including phenoxy) is 1. The summed E-state index contributed by atoms with van der Waals surface area (Å²) in [7, 11) is 1.22. The van der Waals surface area contributed by atoms with Crippen LogP contribution in [0.3, 0.4) is 0 Å². The molecule has 1 heterocycles. The summed E-state index contributed by atoms with van der Waals surface area (Å²) in [5, 5.41) is 0. The Balaban J connectivity index is 2.51. The van der Waals surface area contributed by atoms with E-state index in [4.69, 9.17) is 0 Å². The van der Waals surface area contributed by atoms with Crippen molar-refractivity contribution >= 4 is 11.7 Å². The van der Waals surface area contributed by atoms with E-state index in [9.17, 15) is 13.6 Å². The number of methoxy groups -OCH3 is 1. The molecule has 0 aromatic heterocycles. The molecule has 2 rings (SSSR count). The second-order valence-electron chi connectivity index (χ2n) is 3.94. The lowest BCUT2D eigenvalue weighted by Gasteiger charge is -2.21. The molecular weight excluding hydrogens is 228 g/mol. The predicted octanol–water partition coefficient (Wildman–Crippen LogP) is 2.35. The highest BCUT2D eigenvalue weighted by Crippen LogP contribution is 2.29. The molecule has 1 fully saturated rings. The van der Waals surface area contributed by atoms with Crippen LogP contribution in [0.2, 0.25) is 0 Å². The molecule has 0 unspecified atom stereocenters. The van der Waals surface area contributed by atoms with Gasteiger partial charge in [-0.2, -0.15) is 0 Å². The first-order chi connectivity index (χ1) is 8.15. The van der Waals surface area contributed by atoms with Crippen molar-refractivity contribution in [3.8, 4) is 0 Å². The highest BCUT2D eigenvalue weighted by atomic mass is 19.2. The largest absolute Gasteiger partial charge is 0.465 e. The zero-order valence-corrected chi connectivity index (χ0v) is 9.50. The average molecular weight is 241 g/mol. The maximum absolute atomic E-state index is 13.8. The molecule has 92 valence electrons. The summed E-state index contributed by atoms with van der Waals surface area (Å²) in [6.07, 6.45) is 1.83. The predicted molar refractivity (Wildman–Crippen MR) is 59.1 cm³/mol. The van der Waals surface area contributed by atoms with Gasteiger partial charge in [0.25, 0.3) is 0 Å². The number of halogens is 2. The molecule has 0 N–H and O–H groups in total. The van der Waals surface area contributed by atoms with Gasteiger partial charge in [0.2, 0.25) is 0 Å². The van der Waals surface area contributed by atoms with Crippen LogP contribution in [0, 0.1) is 11.6 Å². The molecule has 0 atom stereocenters. The monoisotopic (exact) mass is 241 g/mol. The van der Waals surface area contributed by atoms with E-state index in [0.29, 0.717) is 13.1 Å². The number of benzene rings is 1. The van der Waals surface area contributed by atoms with Gasteiger partial charge in [-0.3, -0.25) is 0 Å². The van der Waals surface area contributed by atoms with Crippen LogP contribution in [-0.4, -0.2) is 26.2 Å². The minimum Gasteiger partial charge on any atom is -0.465 e. The van der Waals surface area contributed by atoms with Crippen LogP contribution in [0.4, 0.5) is 14.5 Å². The first-order valence-electron chi connectivity index (χ1n) is 5.46. The Morgan fingerprint density at radius 3 is 2.53 bits per heavy atom. The number of hydrogen-bond acceptors (Lipinski definition) is 3. The summed E-state index contributed by atoms with van der Waals surface area (Å²) in [5.74, 6) is -2.57. The fraction of sp³-hybridized carbons (Fsp3) is 0.417. The second kappa shape index (κ2) is 4.69. The van der Waals surface area contributed by atoms with Crippen LogP contribution in [0.5, 0.6) is 0 Å². The SMILES string of the molecule is COC(=O)c1ccc(F)c(F)c1N1CCCC1. The van der Waals surface area contributed by atoms with Gasteiger partial charge in [0.15, 0.2) is 11.6 Å². The Morgan fingerprint density at radius 2 is 1.94 bits per heavy atom. The van der Waals surface area contributed by atoms with Crippen molar-refractivity contribution in [1.82, 2.24) is 0 Å². The van der Waals surface area contributed by atoms with Gasteiger partial charge < -0.3 is 9.64 Å². The molecule has 1 aromatic carbocycles. The number of rotatable bonds is 2. The molecule has 0 amide bonds. The highest BCUT2D eigenvalue weighted by Gasteiger charge is 2.25. The maximum atomic E-state index is 13.8. The fourth-order valence-corrected chi connectivity index (χ4v) is 2.06. The molecule has 0 bridgehead atoms. The van der Waals surface area contributed by atoms with E-state index in [2.05, 4.69) is 4.74 Å². The van der Waals surface area contributed by atoms with Gasteiger partial charge in [-0.05, 0) is 25.0 Å². The van der Waals surface area contributed by atoms with E-state index in [-0.39, 0.29) is 11.3 Å². The summed E-state index contributed by atoms with van der Waals surface area (Å²) in [6, 6.07) is 2.21. The molecular formula is C12H13F2NO2. The third kappa shape index (κ3) is 2.09. The summed E-state index contributed by atoms with van der Waals surface area (Å²) in [4.78, 5) is 13.2. The zero-order chi connectivity index (χ0) is 12.4. The summed E-state index contributed by atoms with van der Waals surface area (Å²) in [6.45, 7) is 1.26. The number of carbonyl (C=O) groups is 1. The Labute approximate surface area is 98.0 Å². The number of carbonyl (C=O) groups excluding carboxylic acids is 1. The fourth-order valence-electron chi connectivity index (χ4n) is 2.06. The lowest BCUT2D eigenvalue weighted by molar-refractivity contribution is 0.0601. The third-order valence-corrected chi connectivity index (χ3v) is 2.90. The molecule has 1 aliphatic rings. The van der Waals surface area contributed by atoms with Gasteiger partial charge in [-0.25, -0.2) is 13.6 Å². The van der Waals surface area contributed by atoms with Gasteiger partial charge >= 0.3 is 5.97 Å². The lowest BCUT2D eigenvalue weighted by atomic mass is 10.1. The van der Waals surface area contributed by atoms with E-state index < -0.39 is 17.6 Å². The van der Waals surface area contributed by atoms with Crippen LogP contribution in [0.15, 0.2) is 12.1 Å². The molecule has 1 saturated heterocycles. The van der Waals surface area contributed by atoms with Crippen molar-refractivity contribution < 1.29 is 18.3 Å². The first kappa shape index (κ1) is 11.8. The highest BCUT2D eigenvalue weighted by molar-refractivity contribution is 5.96. The van der Waals surface area contributed by atoms with E-state index in [1.54, 1.807) is 4.90 Å². The topological polar surface area (TPSA) is 29.5 Å². The van der Waals surface area contributed by atoms with Crippen LogP contribution < -0.4 is 4.90 Å². The minimum absolute atomic E-state index is 0.0225. The van der Waals surface area contributed by atoms with Crippen molar-refractivity contribution in [2.45, 2.75) is 12.8 Å². The molecule has 5 heteroatoms. The number of hydrogen-bond donors (Lipinski definition) is 0. The molecule has 0 spiro atoms. The summed E-state index contributed by atoms with van der Waals surface area (Å²) in [5.41, 5.74) is 0.0997. The van der Waals surface area contributed by atoms with Crippen LogP contribution in [0.1, 0.15) is 23.2 Å². The van der Waals surface area contributed by atoms with Crippen molar-refractivity contribution in [3.05, 3.63) is 29.3 Å². The van der Waals surface area contributed by atoms with Gasteiger partial charge in [0.05, 0.1) is 18.4 Å². The Hall–Kier alpha value is -1.65. The quantitative estimate of drug-likeness (QED) is 0.744. The Morgan fingerprint density at radius 1 is 1.29 bits per heavy atom. The van der Waals surface area contributed by atoms with Crippen molar-refractivity contribution in [2.75, 3.05) is 25.1 Å². The molecule has 1 aliphatic heterocycles. The lowest BCUT2D eigenvalue weighted by Crippen LogP contribution is -2.23. The van der Waals surface area contributed by atoms with Crippen LogP contribution in [-0.2, 0) is 4.74 Å².